The van der Waals surface area contributed by atoms with Gasteiger partial charge in [0, 0.05) is 18.3 Å². The lowest BCUT2D eigenvalue weighted by Gasteiger charge is -2.22. The van der Waals surface area contributed by atoms with Crippen LogP contribution in [0.4, 0.5) is 10.5 Å². The summed E-state index contributed by atoms with van der Waals surface area (Å²) in [5, 5.41) is 11.5. The zero-order chi connectivity index (χ0) is 13.0. The van der Waals surface area contributed by atoms with Crippen molar-refractivity contribution in [3.8, 4) is 0 Å². The van der Waals surface area contributed by atoms with Gasteiger partial charge in [-0.25, -0.2) is 4.79 Å². The summed E-state index contributed by atoms with van der Waals surface area (Å²) in [5.41, 5.74) is 0.725. The van der Waals surface area contributed by atoms with Crippen molar-refractivity contribution in [3.05, 3.63) is 30.3 Å². The number of nitrogens with one attached hydrogen (secondary N) is 1. The minimum Gasteiger partial charge on any atom is -0.481 e. The van der Waals surface area contributed by atoms with Crippen LogP contribution >= 0.6 is 0 Å². The number of anilines is 1. The van der Waals surface area contributed by atoms with Gasteiger partial charge in [-0.15, -0.1) is 0 Å². The third-order valence-corrected chi connectivity index (χ3v) is 2.84. The molecule has 1 aliphatic rings. The highest BCUT2D eigenvalue weighted by atomic mass is 16.4. The topological polar surface area (TPSA) is 69.6 Å². The van der Waals surface area contributed by atoms with Crippen molar-refractivity contribution in [1.82, 2.24) is 4.90 Å². The van der Waals surface area contributed by atoms with Crippen LogP contribution in [0.2, 0.25) is 0 Å². The Bertz CT molecular complexity index is 429. The molecular formula is C13H16N2O3. The third kappa shape index (κ3) is 3.48. The molecule has 96 valence electrons. The quantitative estimate of drug-likeness (QED) is 0.838. The van der Waals surface area contributed by atoms with Crippen LogP contribution in [0.5, 0.6) is 0 Å². The van der Waals surface area contributed by atoms with Crippen molar-refractivity contribution in [2.24, 2.45) is 0 Å². The second-order valence-electron chi connectivity index (χ2n) is 4.36. The molecule has 18 heavy (non-hydrogen) atoms. The van der Waals surface area contributed by atoms with E-state index in [1.165, 1.54) is 0 Å². The number of urea groups is 1. The van der Waals surface area contributed by atoms with Crippen LogP contribution in [0.15, 0.2) is 30.3 Å². The number of amides is 2. The summed E-state index contributed by atoms with van der Waals surface area (Å²) >= 11 is 0. The zero-order valence-corrected chi connectivity index (χ0v) is 10.0. The van der Waals surface area contributed by atoms with Crippen molar-refractivity contribution in [2.75, 3.05) is 11.9 Å². The second kappa shape index (κ2) is 5.53. The van der Waals surface area contributed by atoms with E-state index in [2.05, 4.69) is 5.32 Å². The number of rotatable bonds is 5. The Morgan fingerprint density at radius 1 is 1.28 bits per heavy atom. The molecule has 0 spiro atoms. The Labute approximate surface area is 105 Å². The molecule has 0 aromatic heterocycles. The SMILES string of the molecule is O=C(O)CCN(C(=O)Nc1ccccc1)C1CC1. The predicted molar refractivity (Wildman–Crippen MR) is 67.4 cm³/mol. The molecule has 2 rings (SSSR count). The molecule has 0 saturated heterocycles. The molecule has 1 saturated carbocycles. The Hall–Kier alpha value is -2.04. The first-order chi connectivity index (χ1) is 8.66. The van der Waals surface area contributed by atoms with E-state index in [9.17, 15) is 9.59 Å². The summed E-state index contributed by atoms with van der Waals surface area (Å²) < 4.78 is 0. The Morgan fingerprint density at radius 3 is 2.50 bits per heavy atom. The zero-order valence-electron chi connectivity index (χ0n) is 10.0. The van der Waals surface area contributed by atoms with E-state index in [1.54, 1.807) is 17.0 Å². The van der Waals surface area contributed by atoms with Gasteiger partial charge < -0.3 is 15.3 Å². The van der Waals surface area contributed by atoms with Crippen molar-refractivity contribution in [2.45, 2.75) is 25.3 Å². The average Bonchev–Trinajstić information content (AvgIpc) is 3.14. The largest absolute Gasteiger partial charge is 0.481 e. The molecule has 1 aromatic rings. The molecule has 2 amide bonds. The predicted octanol–water partition coefficient (Wildman–Crippen LogP) is 2.16. The van der Waals surface area contributed by atoms with E-state index in [-0.39, 0.29) is 25.0 Å². The summed E-state index contributed by atoms with van der Waals surface area (Å²) in [5.74, 6) is -0.881. The number of nitrogens with zero attached hydrogens (tertiary/aromatic N) is 1. The van der Waals surface area contributed by atoms with E-state index in [0.717, 1.165) is 18.5 Å². The van der Waals surface area contributed by atoms with E-state index in [1.807, 2.05) is 18.2 Å². The number of aliphatic carboxylic acids is 1. The Morgan fingerprint density at radius 2 is 1.94 bits per heavy atom. The van der Waals surface area contributed by atoms with Crippen LogP contribution in [0.1, 0.15) is 19.3 Å². The van der Waals surface area contributed by atoms with E-state index in [0.29, 0.717) is 0 Å². The number of carbonyl (C=O) groups is 2. The monoisotopic (exact) mass is 248 g/mol. The number of hydrogen-bond acceptors (Lipinski definition) is 2. The van der Waals surface area contributed by atoms with Crippen molar-refractivity contribution >= 4 is 17.7 Å². The van der Waals surface area contributed by atoms with Gasteiger partial charge in [0.25, 0.3) is 0 Å². The van der Waals surface area contributed by atoms with Crippen LogP contribution in [-0.4, -0.2) is 34.6 Å². The molecule has 0 unspecified atom stereocenters. The first-order valence-corrected chi connectivity index (χ1v) is 6.01. The molecule has 1 fully saturated rings. The van der Waals surface area contributed by atoms with Crippen LogP contribution < -0.4 is 5.32 Å². The maximum Gasteiger partial charge on any atom is 0.322 e. The molecular weight excluding hydrogens is 232 g/mol. The van der Waals surface area contributed by atoms with Crippen molar-refractivity contribution in [3.63, 3.8) is 0 Å². The van der Waals surface area contributed by atoms with Crippen LogP contribution in [-0.2, 0) is 4.79 Å². The Balaban J connectivity index is 1.93. The summed E-state index contributed by atoms with van der Waals surface area (Å²) in [6.45, 7) is 0.263. The lowest BCUT2D eigenvalue weighted by molar-refractivity contribution is -0.137. The third-order valence-electron chi connectivity index (χ3n) is 2.84. The number of para-hydroxylation sites is 1. The van der Waals surface area contributed by atoms with Gasteiger partial charge in [-0.3, -0.25) is 4.79 Å². The van der Waals surface area contributed by atoms with Gasteiger partial charge in [-0.2, -0.15) is 0 Å². The lowest BCUT2D eigenvalue weighted by Crippen LogP contribution is -2.38. The maximum absolute atomic E-state index is 12.0. The normalized spacial score (nSPS) is 14.0. The fraction of sp³-hybridized carbons (Fsp3) is 0.385. The van der Waals surface area contributed by atoms with E-state index in [4.69, 9.17) is 5.11 Å². The number of carbonyl (C=O) groups excluding carboxylic acids is 1. The fourth-order valence-electron chi connectivity index (χ4n) is 1.77. The second-order valence-corrected chi connectivity index (χ2v) is 4.36. The van der Waals surface area contributed by atoms with E-state index < -0.39 is 5.97 Å². The highest BCUT2D eigenvalue weighted by molar-refractivity contribution is 5.89. The summed E-state index contributed by atoms with van der Waals surface area (Å²) in [6.07, 6.45) is 1.91. The minimum absolute atomic E-state index is 0.0152. The van der Waals surface area contributed by atoms with Gasteiger partial charge in [-0.1, -0.05) is 18.2 Å². The summed E-state index contributed by atoms with van der Waals surface area (Å²) in [4.78, 5) is 24.2. The highest BCUT2D eigenvalue weighted by Crippen LogP contribution is 2.27. The number of hydrogen-bond donors (Lipinski definition) is 2. The van der Waals surface area contributed by atoms with Gasteiger partial charge >= 0.3 is 12.0 Å². The summed E-state index contributed by atoms with van der Waals surface area (Å²) in [6, 6.07) is 9.15. The van der Waals surface area contributed by atoms with Gasteiger partial charge in [-0.05, 0) is 25.0 Å². The molecule has 5 heteroatoms. The molecule has 5 nitrogen and oxygen atoms in total. The molecule has 2 N–H and O–H groups in total. The molecule has 0 heterocycles. The fourth-order valence-corrected chi connectivity index (χ4v) is 1.77. The molecule has 0 bridgehead atoms. The number of carboxylic acid groups (broad SMARTS) is 1. The van der Waals surface area contributed by atoms with E-state index >= 15 is 0 Å². The standard InChI is InChI=1S/C13H16N2O3/c16-12(17)8-9-15(11-6-7-11)13(18)14-10-4-2-1-3-5-10/h1-5,11H,6-9H2,(H,14,18)(H,16,17). The smallest absolute Gasteiger partial charge is 0.322 e. The first kappa shape index (κ1) is 12.4. The van der Waals surface area contributed by atoms with Crippen molar-refractivity contribution in [1.29, 1.82) is 0 Å². The van der Waals surface area contributed by atoms with Gasteiger partial charge in [0.05, 0.1) is 6.42 Å². The van der Waals surface area contributed by atoms with Crippen LogP contribution in [0, 0.1) is 0 Å². The molecule has 0 aliphatic heterocycles. The van der Waals surface area contributed by atoms with Crippen LogP contribution in [0.3, 0.4) is 0 Å². The molecule has 1 aromatic carbocycles. The first-order valence-electron chi connectivity index (χ1n) is 6.01. The number of benzene rings is 1. The lowest BCUT2D eigenvalue weighted by atomic mass is 10.3. The molecule has 1 aliphatic carbocycles. The van der Waals surface area contributed by atoms with Gasteiger partial charge in [0.2, 0.25) is 0 Å². The van der Waals surface area contributed by atoms with Gasteiger partial charge in [0.1, 0.15) is 0 Å². The van der Waals surface area contributed by atoms with Crippen molar-refractivity contribution < 1.29 is 14.7 Å². The summed E-state index contributed by atoms with van der Waals surface area (Å²) in [7, 11) is 0. The highest BCUT2D eigenvalue weighted by Gasteiger charge is 2.32. The number of carboxylic acids is 1. The molecule has 0 radical (unpaired) electrons. The van der Waals surface area contributed by atoms with Crippen LogP contribution in [0.25, 0.3) is 0 Å². The maximum atomic E-state index is 12.0. The minimum atomic E-state index is -0.881. The Kier molecular flexibility index (Phi) is 3.82. The molecule has 0 atom stereocenters. The average molecular weight is 248 g/mol. The van der Waals surface area contributed by atoms with Gasteiger partial charge in [0.15, 0.2) is 0 Å².